The number of thiocarbonyl (C=S) groups is 1. The number of nitrogens with zero attached hydrogens (tertiary/aromatic N) is 3. The van der Waals surface area contributed by atoms with Gasteiger partial charge < -0.3 is 10.4 Å². The second-order valence-electron chi connectivity index (χ2n) is 8.55. The topological polar surface area (TPSA) is 86.9 Å². The van der Waals surface area contributed by atoms with Gasteiger partial charge in [0.15, 0.2) is 0 Å². The fourth-order valence-corrected chi connectivity index (χ4v) is 5.58. The second-order valence-corrected chi connectivity index (χ2v) is 10.2. The number of thioether (sulfide) groups is 1. The van der Waals surface area contributed by atoms with Gasteiger partial charge in [-0.2, -0.15) is 0 Å². The number of aliphatic hydroxyl groups excluding tert-OH is 1. The molecule has 1 amide bonds. The SMILES string of the molecule is C[C@H](c1ccccc1)N1C(=O)/C(=C/c2c(NC[C@@H](O)c3ccccc3)nc3ccccn3c2=O)SC1=S. The van der Waals surface area contributed by atoms with Crippen molar-refractivity contribution >= 4 is 51.7 Å². The molecule has 0 bridgehead atoms. The predicted octanol–water partition coefficient (Wildman–Crippen LogP) is 4.80. The Labute approximate surface area is 223 Å². The van der Waals surface area contributed by atoms with Gasteiger partial charge in [0.25, 0.3) is 11.5 Å². The standard InChI is InChI=1S/C28H24N4O3S2/c1-18(19-10-4-2-5-11-19)32-27(35)23(37-28(32)36)16-21-25(29-17-22(33)20-12-6-3-7-13-20)30-24-14-8-9-15-31(24)26(21)34/h2-16,18,22,29,33H,17H2,1H3/b23-16-/t18-,22-/m1/s1. The highest BCUT2D eigenvalue weighted by Crippen LogP contribution is 2.38. The molecule has 37 heavy (non-hydrogen) atoms. The van der Waals surface area contributed by atoms with E-state index < -0.39 is 6.10 Å². The van der Waals surface area contributed by atoms with Crippen LogP contribution in [0.4, 0.5) is 5.82 Å². The Bertz CT molecular complexity index is 1550. The Balaban J connectivity index is 1.50. The van der Waals surface area contributed by atoms with Crippen molar-refractivity contribution in [1.29, 1.82) is 0 Å². The molecule has 5 rings (SSSR count). The zero-order valence-electron chi connectivity index (χ0n) is 19.9. The van der Waals surface area contributed by atoms with Crippen molar-refractivity contribution in [2.45, 2.75) is 19.1 Å². The molecule has 0 saturated carbocycles. The number of aliphatic hydroxyl groups is 1. The Morgan fingerprint density at radius 1 is 1.00 bits per heavy atom. The highest BCUT2D eigenvalue weighted by Gasteiger charge is 2.36. The molecule has 1 aliphatic rings. The van der Waals surface area contributed by atoms with Crippen LogP contribution in [0, 0.1) is 0 Å². The summed E-state index contributed by atoms with van der Waals surface area (Å²) in [7, 11) is 0. The van der Waals surface area contributed by atoms with Crippen LogP contribution in [0.15, 0.2) is 94.8 Å². The number of pyridine rings is 1. The third-order valence-electron chi connectivity index (χ3n) is 6.18. The van der Waals surface area contributed by atoms with Crippen LogP contribution in [0.3, 0.4) is 0 Å². The van der Waals surface area contributed by atoms with Crippen molar-refractivity contribution in [1.82, 2.24) is 14.3 Å². The van der Waals surface area contributed by atoms with Gasteiger partial charge in [-0.1, -0.05) is 90.7 Å². The number of aromatic nitrogens is 2. The van der Waals surface area contributed by atoms with E-state index in [-0.39, 0.29) is 35.4 Å². The summed E-state index contributed by atoms with van der Waals surface area (Å²) in [5.74, 6) is 0.0201. The zero-order chi connectivity index (χ0) is 25.9. The number of hydrogen-bond acceptors (Lipinski definition) is 7. The van der Waals surface area contributed by atoms with Crippen molar-refractivity contribution < 1.29 is 9.90 Å². The van der Waals surface area contributed by atoms with E-state index in [4.69, 9.17) is 12.2 Å². The summed E-state index contributed by atoms with van der Waals surface area (Å²) < 4.78 is 1.85. The Morgan fingerprint density at radius 2 is 1.65 bits per heavy atom. The molecule has 1 aliphatic heterocycles. The summed E-state index contributed by atoms with van der Waals surface area (Å²) in [6, 6.07) is 23.9. The maximum absolute atomic E-state index is 13.5. The number of amides is 1. The first-order valence-electron chi connectivity index (χ1n) is 11.7. The van der Waals surface area contributed by atoms with Gasteiger partial charge in [0.1, 0.15) is 15.8 Å². The van der Waals surface area contributed by atoms with Gasteiger partial charge in [-0.3, -0.25) is 18.9 Å². The average molecular weight is 529 g/mol. The lowest BCUT2D eigenvalue weighted by Gasteiger charge is -2.23. The van der Waals surface area contributed by atoms with Gasteiger partial charge in [0.05, 0.1) is 22.6 Å². The molecule has 0 unspecified atom stereocenters. The van der Waals surface area contributed by atoms with Crippen molar-refractivity contribution in [2.75, 3.05) is 11.9 Å². The number of rotatable bonds is 7. The van der Waals surface area contributed by atoms with E-state index >= 15 is 0 Å². The van der Waals surface area contributed by atoms with Gasteiger partial charge in [-0.25, -0.2) is 4.98 Å². The molecular formula is C28H24N4O3S2. The Hall–Kier alpha value is -3.79. The van der Waals surface area contributed by atoms with Gasteiger partial charge >= 0.3 is 0 Å². The zero-order valence-corrected chi connectivity index (χ0v) is 21.6. The molecule has 0 radical (unpaired) electrons. The molecule has 2 aromatic carbocycles. The largest absolute Gasteiger partial charge is 0.387 e. The summed E-state index contributed by atoms with van der Waals surface area (Å²) in [4.78, 5) is 33.4. The van der Waals surface area contributed by atoms with E-state index in [1.54, 1.807) is 35.4 Å². The molecular weight excluding hydrogens is 504 g/mol. The summed E-state index contributed by atoms with van der Waals surface area (Å²) in [6.45, 7) is 2.06. The van der Waals surface area contributed by atoms with E-state index in [1.165, 1.54) is 4.40 Å². The van der Waals surface area contributed by atoms with Crippen LogP contribution in [0.1, 0.15) is 35.8 Å². The molecule has 186 valence electrons. The van der Waals surface area contributed by atoms with Crippen LogP contribution in [-0.4, -0.2) is 36.2 Å². The molecule has 7 nitrogen and oxygen atoms in total. The fourth-order valence-electron chi connectivity index (χ4n) is 4.18. The third-order valence-corrected chi connectivity index (χ3v) is 7.51. The molecule has 4 aromatic rings. The molecule has 3 heterocycles. The predicted molar refractivity (Wildman–Crippen MR) is 151 cm³/mol. The number of carbonyl (C=O) groups excluding carboxylic acids is 1. The third kappa shape index (κ3) is 5.06. The molecule has 2 N–H and O–H groups in total. The van der Waals surface area contributed by atoms with Gasteiger partial charge in [-0.15, -0.1) is 0 Å². The van der Waals surface area contributed by atoms with E-state index in [0.29, 0.717) is 14.9 Å². The van der Waals surface area contributed by atoms with Crippen LogP contribution in [0.5, 0.6) is 0 Å². The van der Waals surface area contributed by atoms with Crippen molar-refractivity contribution in [2.24, 2.45) is 0 Å². The fraction of sp³-hybridized carbons (Fsp3) is 0.143. The summed E-state index contributed by atoms with van der Waals surface area (Å²) >= 11 is 6.71. The molecule has 9 heteroatoms. The van der Waals surface area contributed by atoms with Crippen LogP contribution < -0.4 is 10.9 Å². The highest BCUT2D eigenvalue weighted by atomic mass is 32.2. The minimum atomic E-state index is -0.810. The van der Waals surface area contributed by atoms with Crippen LogP contribution in [-0.2, 0) is 4.79 Å². The maximum atomic E-state index is 13.5. The van der Waals surface area contributed by atoms with Crippen LogP contribution in [0.25, 0.3) is 11.7 Å². The van der Waals surface area contributed by atoms with Gasteiger partial charge in [0, 0.05) is 12.7 Å². The number of nitrogens with one attached hydrogen (secondary N) is 1. The number of hydrogen-bond donors (Lipinski definition) is 2. The Morgan fingerprint density at radius 3 is 2.35 bits per heavy atom. The molecule has 1 fully saturated rings. The summed E-state index contributed by atoms with van der Waals surface area (Å²) in [5.41, 5.74) is 2.04. The first-order valence-corrected chi connectivity index (χ1v) is 13.0. The first kappa shape index (κ1) is 24.9. The van der Waals surface area contributed by atoms with E-state index in [2.05, 4.69) is 10.3 Å². The summed E-state index contributed by atoms with van der Waals surface area (Å²) in [6.07, 6.45) is 2.37. The second kappa shape index (κ2) is 10.7. The number of fused-ring (bicyclic) bond motifs is 1. The minimum absolute atomic E-state index is 0.131. The van der Waals surface area contributed by atoms with E-state index in [0.717, 1.165) is 22.9 Å². The van der Waals surface area contributed by atoms with Gasteiger partial charge in [-0.05, 0) is 36.3 Å². The number of benzene rings is 2. The maximum Gasteiger partial charge on any atom is 0.267 e. The normalized spacial score (nSPS) is 16.4. The first-order chi connectivity index (χ1) is 17.9. The molecule has 0 spiro atoms. The van der Waals surface area contributed by atoms with E-state index in [9.17, 15) is 14.7 Å². The van der Waals surface area contributed by atoms with Crippen molar-refractivity contribution in [3.8, 4) is 0 Å². The molecule has 2 atom stereocenters. The minimum Gasteiger partial charge on any atom is -0.387 e. The van der Waals surface area contributed by atoms with Crippen LogP contribution >= 0.6 is 24.0 Å². The van der Waals surface area contributed by atoms with Crippen molar-refractivity contribution in [3.63, 3.8) is 0 Å². The molecule has 0 aliphatic carbocycles. The molecule has 1 saturated heterocycles. The van der Waals surface area contributed by atoms with Gasteiger partial charge in [0.2, 0.25) is 0 Å². The quantitative estimate of drug-likeness (QED) is 0.263. The monoisotopic (exact) mass is 528 g/mol. The lowest BCUT2D eigenvalue weighted by atomic mass is 10.1. The number of anilines is 1. The highest BCUT2D eigenvalue weighted by molar-refractivity contribution is 8.26. The lowest BCUT2D eigenvalue weighted by Crippen LogP contribution is -2.31. The smallest absolute Gasteiger partial charge is 0.267 e. The summed E-state index contributed by atoms with van der Waals surface area (Å²) in [5, 5.41) is 13.8. The van der Waals surface area contributed by atoms with Crippen molar-refractivity contribution in [3.05, 3.63) is 117 Å². The van der Waals surface area contributed by atoms with E-state index in [1.807, 2.05) is 67.6 Å². The Kier molecular flexibility index (Phi) is 7.18. The molecule has 2 aromatic heterocycles. The lowest BCUT2D eigenvalue weighted by molar-refractivity contribution is -0.123. The number of carbonyl (C=O) groups is 1. The average Bonchev–Trinajstić information content (AvgIpc) is 3.21. The van der Waals surface area contributed by atoms with Crippen LogP contribution in [0.2, 0.25) is 0 Å².